The van der Waals surface area contributed by atoms with Gasteiger partial charge in [0.2, 0.25) is 0 Å². The number of nitrogens with one attached hydrogen (secondary N) is 2. The molecule has 0 unspecified atom stereocenters. The van der Waals surface area contributed by atoms with Gasteiger partial charge in [-0.25, -0.2) is 0 Å². The van der Waals surface area contributed by atoms with E-state index in [4.69, 9.17) is 23.2 Å². The zero-order valence-corrected chi connectivity index (χ0v) is 12.2. The van der Waals surface area contributed by atoms with Gasteiger partial charge in [0.05, 0.1) is 10.7 Å². The summed E-state index contributed by atoms with van der Waals surface area (Å²) in [4.78, 5) is 25.0. The molecule has 2 N–H and O–H groups in total. The van der Waals surface area contributed by atoms with Gasteiger partial charge in [-0.15, -0.1) is 0 Å². The summed E-state index contributed by atoms with van der Waals surface area (Å²) in [6, 6.07) is 4.62. The summed E-state index contributed by atoms with van der Waals surface area (Å²) in [6.45, 7) is 1.04. The van der Waals surface area contributed by atoms with Crippen LogP contribution in [0.4, 0.5) is 5.69 Å². The predicted octanol–water partition coefficient (Wildman–Crippen LogP) is 1.61. The fraction of sp³-hybridized carbons (Fsp3) is 0.333. The first-order valence-corrected chi connectivity index (χ1v) is 6.34. The highest BCUT2D eigenvalue weighted by atomic mass is 35.5. The summed E-state index contributed by atoms with van der Waals surface area (Å²) in [5, 5.41) is 5.65. The lowest BCUT2D eigenvalue weighted by atomic mass is 10.3. The van der Waals surface area contributed by atoms with Crippen LogP contribution < -0.4 is 10.6 Å². The third kappa shape index (κ3) is 5.46. The average Bonchev–Trinajstić information content (AvgIpc) is 2.33. The van der Waals surface area contributed by atoms with Gasteiger partial charge in [0.25, 0.3) is 0 Å². The molecule has 0 saturated heterocycles. The number of carbonyl (C=O) groups excluding carboxylic acids is 2. The van der Waals surface area contributed by atoms with E-state index in [1.165, 1.54) is 6.07 Å². The Balaban J connectivity index is 2.54. The number of benzene rings is 1. The first-order valence-electron chi connectivity index (χ1n) is 5.59. The number of anilines is 1. The number of nitrogens with zero attached hydrogens (tertiary/aromatic N) is 1. The zero-order valence-electron chi connectivity index (χ0n) is 10.7. The fourth-order valence-corrected chi connectivity index (χ4v) is 1.58. The normalized spacial score (nSPS) is 10.4. The van der Waals surface area contributed by atoms with E-state index in [2.05, 4.69) is 10.6 Å². The molecule has 0 heterocycles. The van der Waals surface area contributed by atoms with Crippen LogP contribution in [-0.4, -0.2) is 43.9 Å². The lowest BCUT2D eigenvalue weighted by Crippen LogP contribution is -2.38. The van der Waals surface area contributed by atoms with Crippen molar-refractivity contribution in [3.8, 4) is 0 Å². The van der Waals surface area contributed by atoms with Crippen molar-refractivity contribution in [3.63, 3.8) is 0 Å². The number of likely N-dealkylation sites (N-methyl/N-ethyl adjacent to an activating group) is 1. The van der Waals surface area contributed by atoms with Gasteiger partial charge in [-0.3, -0.25) is 9.59 Å². The maximum Gasteiger partial charge on any atom is 0.313 e. The van der Waals surface area contributed by atoms with E-state index in [0.29, 0.717) is 28.8 Å². The van der Waals surface area contributed by atoms with Crippen molar-refractivity contribution in [1.82, 2.24) is 10.2 Å². The third-order valence-electron chi connectivity index (χ3n) is 2.23. The highest BCUT2D eigenvalue weighted by Crippen LogP contribution is 2.25. The first-order chi connectivity index (χ1) is 8.90. The molecule has 0 fully saturated rings. The largest absolute Gasteiger partial charge is 0.347 e. The molecule has 1 aromatic rings. The van der Waals surface area contributed by atoms with E-state index in [1.807, 2.05) is 19.0 Å². The monoisotopic (exact) mass is 303 g/mol. The Bertz CT molecular complexity index is 478. The van der Waals surface area contributed by atoms with Crippen molar-refractivity contribution >= 4 is 40.7 Å². The van der Waals surface area contributed by atoms with Gasteiger partial charge in [-0.1, -0.05) is 23.2 Å². The summed E-state index contributed by atoms with van der Waals surface area (Å²) in [5.74, 6) is -1.49. The minimum Gasteiger partial charge on any atom is -0.347 e. The minimum absolute atomic E-state index is 0.307. The molecule has 0 radical (unpaired) electrons. The topological polar surface area (TPSA) is 61.4 Å². The second-order valence-electron chi connectivity index (χ2n) is 4.14. The summed E-state index contributed by atoms with van der Waals surface area (Å²) in [6.07, 6.45) is 0. The lowest BCUT2D eigenvalue weighted by molar-refractivity contribution is -0.136. The Morgan fingerprint density at radius 3 is 2.53 bits per heavy atom. The van der Waals surface area contributed by atoms with E-state index in [0.717, 1.165) is 0 Å². The molecule has 0 aliphatic heterocycles. The Hall–Kier alpha value is -1.30. The molecule has 0 aliphatic rings. The fourth-order valence-electron chi connectivity index (χ4n) is 1.25. The van der Waals surface area contributed by atoms with E-state index >= 15 is 0 Å². The SMILES string of the molecule is CN(C)CCNC(=O)C(=O)Nc1cc(Cl)ccc1Cl. The molecule has 0 aliphatic carbocycles. The van der Waals surface area contributed by atoms with Crippen molar-refractivity contribution < 1.29 is 9.59 Å². The molecule has 0 aromatic heterocycles. The van der Waals surface area contributed by atoms with Crippen LogP contribution in [0.3, 0.4) is 0 Å². The molecule has 0 atom stereocenters. The van der Waals surface area contributed by atoms with Crippen molar-refractivity contribution in [2.24, 2.45) is 0 Å². The van der Waals surface area contributed by atoms with Crippen LogP contribution in [0.1, 0.15) is 0 Å². The number of hydrogen-bond acceptors (Lipinski definition) is 3. The van der Waals surface area contributed by atoms with Gasteiger partial charge in [0, 0.05) is 18.1 Å². The molecule has 7 heteroatoms. The van der Waals surface area contributed by atoms with Crippen LogP contribution in [0.2, 0.25) is 10.0 Å². The summed E-state index contributed by atoms with van der Waals surface area (Å²) < 4.78 is 0. The first kappa shape index (κ1) is 15.8. The van der Waals surface area contributed by atoms with Gasteiger partial charge >= 0.3 is 11.8 Å². The van der Waals surface area contributed by atoms with E-state index in [9.17, 15) is 9.59 Å². The average molecular weight is 304 g/mol. The zero-order chi connectivity index (χ0) is 14.4. The van der Waals surface area contributed by atoms with Crippen LogP contribution in [0.25, 0.3) is 0 Å². The van der Waals surface area contributed by atoms with Gasteiger partial charge in [-0.05, 0) is 32.3 Å². The highest BCUT2D eigenvalue weighted by Gasteiger charge is 2.14. The Labute approximate surface area is 121 Å². The maximum absolute atomic E-state index is 11.6. The maximum atomic E-state index is 11.6. The van der Waals surface area contributed by atoms with Crippen LogP contribution in [-0.2, 0) is 9.59 Å². The van der Waals surface area contributed by atoms with Gasteiger partial charge in [-0.2, -0.15) is 0 Å². The molecule has 2 amide bonds. The molecule has 0 spiro atoms. The molecule has 0 bridgehead atoms. The smallest absolute Gasteiger partial charge is 0.313 e. The molecular weight excluding hydrogens is 289 g/mol. The number of halogens is 2. The van der Waals surface area contributed by atoms with Crippen LogP contribution in [0, 0.1) is 0 Å². The molecule has 1 rings (SSSR count). The van der Waals surface area contributed by atoms with Crippen LogP contribution >= 0.6 is 23.2 Å². The Kier molecular flexibility index (Phi) is 6.08. The second-order valence-corrected chi connectivity index (χ2v) is 4.98. The summed E-state index contributed by atoms with van der Waals surface area (Å²) >= 11 is 11.7. The van der Waals surface area contributed by atoms with Crippen molar-refractivity contribution in [2.45, 2.75) is 0 Å². The predicted molar refractivity (Wildman–Crippen MR) is 76.7 cm³/mol. The highest BCUT2D eigenvalue weighted by molar-refractivity contribution is 6.42. The number of rotatable bonds is 4. The number of carbonyl (C=O) groups is 2. The Morgan fingerprint density at radius 1 is 1.21 bits per heavy atom. The third-order valence-corrected chi connectivity index (χ3v) is 2.79. The Morgan fingerprint density at radius 2 is 1.89 bits per heavy atom. The number of hydrogen-bond donors (Lipinski definition) is 2. The van der Waals surface area contributed by atoms with Crippen molar-refractivity contribution in [3.05, 3.63) is 28.2 Å². The molecule has 0 saturated carbocycles. The molecular formula is C12H15Cl2N3O2. The van der Waals surface area contributed by atoms with Gasteiger partial charge < -0.3 is 15.5 Å². The van der Waals surface area contributed by atoms with E-state index in [1.54, 1.807) is 12.1 Å². The molecule has 19 heavy (non-hydrogen) atoms. The quantitative estimate of drug-likeness (QED) is 0.831. The lowest BCUT2D eigenvalue weighted by Gasteiger charge is -2.11. The van der Waals surface area contributed by atoms with Gasteiger partial charge in [0.1, 0.15) is 0 Å². The van der Waals surface area contributed by atoms with E-state index < -0.39 is 11.8 Å². The summed E-state index contributed by atoms with van der Waals surface area (Å²) in [5.41, 5.74) is 0.307. The van der Waals surface area contributed by atoms with E-state index in [-0.39, 0.29) is 0 Å². The summed E-state index contributed by atoms with van der Waals surface area (Å²) in [7, 11) is 3.75. The molecule has 104 valence electrons. The van der Waals surface area contributed by atoms with Gasteiger partial charge in [0.15, 0.2) is 0 Å². The number of amides is 2. The molecule has 5 nitrogen and oxygen atoms in total. The molecule has 1 aromatic carbocycles. The minimum atomic E-state index is -0.775. The van der Waals surface area contributed by atoms with Crippen LogP contribution in [0.5, 0.6) is 0 Å². The van der Waals surface area contributed by atoms with Crippen molar-refractivity contribution in [1.29, 1.82) is 0 Å². The van der Waals surface area contributed by atoms with Crippen LogP contribution in [0.15, 0.2) is 18.2 Å². The standard InChI is InChI=1S/C12H15Cl2N3O2/c1-17(2)6-5-15-11(18)12(19)16-10-7-8(13)3-4-9(10)14/h3-4,7H,5-6H2,1-2H3,(H,15,18)(H,16,19). The second kappa shape index (κ2) is 7.33. The van der Waals surface area contributed by atoms with Crippen molar-refractivity contribution in [2.75, 3.05) is 32.5 Å².